The number of aryl methyl sites for hydroxylation is 1. The topological polar surface area (TPSA) is 77.7 Å². The number of benzene rings is 1. The van der Waals surface area contributed by atoms with E-state index in [0.29, 0.717) is 37.4 Å². The smallest absolute Gasteiger partial charge is 0.276 e. The van der Waals surface area contributed by atoms with Crippen LogP contribution in [-0.4, -0.2) is 39.5 Å². The van der Waals surface area contributed by atoms with Gasteiger partial charge in [-0.05, 0) is 94.6 Å². The molecule has 5 aliphatic heterocycles. The van der Waals surface area contributed by atoms with Crippen LogP contribution >= 0.6 is 0 Å². The van der Waals surface area contributed by atoms with Crippen LogP contribution in [0.3, 0.4) is 0 Å². The number of nitrogens with one attached hydrogen (secondary N) is 1. The van der Waals surface area contributed by atoms with Gasteiger partial charge in [-0.15, -0.1) is 0 Å². The lowest BCUT2D eigenvalue weighted by Gasteiger charge is -2.35. The second-order valence-corrected chi connectivity index (χ2v) is 11.7. The number of pyridine rings is 1. The largest absolute Gasteiger partial charge is 0.363 e. The van der Waals surface area contributed by atoms with Gasteiger partial charge in [-0.25, -0.2) is 23.7 Å². The molecule has 8 heteroatoms. The molecule has 3 aromatic rings. The molecule has 0 amide bonds. The summed E-state index contributed by atoms with van der Waals surface area (Å²) in [6.07, 6.45) is 12.3. The third kappa shape index (κ3) is 5.19. The summed E-state index contributed by atoms with van der Waals surface area (Å²) in [5.41, 5.74) is 2.88. The minimum absolute atomic E-state index is 0.0740. The molecule has 0 unspecified atom stereocenters. The van der Waals surface area contributed by atoms with E-state index in [1.54, 1.807) is 18.2 Å². The van der Waals surface area contributed by atoms with E-state index in [2.05, 4.69) is 38.4 Å². The molecule has 1 N–H and O–H groups in total. The monoisotopic (exact) mass is 542 g/mol. The zero-order chi connectivity index (χ0) is 27.7. The minimum atomic E-state index is -2.89. The summed E-state index contributed by atoms with van der Waals surface area (Å²) in [4.78, 5) is 16.2. The van der Waals surface area contributed by atoms with Crippen molar-refractivity contribution in [3.8, 4) is 6.07 Å². The maximum Gasteiger partial charge on any atom is 0.276 e. The van der Waals surface area contributed by atoms with Gasteiger partial charge in [-0.1, -0.05) is 30.4 Å². The van der Waals surface area contributed by atoms with Crippen molar-refractivity contribution < 1.29 is 8.78 Å². The lowest BCUT2D eigenvalue weighted by molar-refractivity contribution is -0.0847. The number of allylic oxidation sites excluding steroid dienone is 1. The summed E-state index contributed by atoms with van der Waals surface area (Å²) in [6.45, 7) is 4.14. The van der Waals surface area contributed by atoms with Crippen LogP contribution in [0, 0.1) is 17.2 Å². The molecule has 8 bridgehead atoms. The number of hydrogen-bond acceptors (Lipinski definition) is 6. The van der Waals surface area contributed by atoms with Crippen molar-refractivity contribution in [3.63, 3.8) is 0 Å². The van der Waals surface area contributed by atoms with E-state index in [9.17, 15) is 5.26 Å². The number of nitriles is 1. The Hall–Kier alpha value is -3.44. The molecule has 40 heavy (non-hydrogen) atoms. The van der Waals surface area contributed by atoms with Crippen LogP contribution in [0.15, 0.2) is 48.8 Å². The van der Waals surface area contributed by atoms with E-state index in [1.165, 1.54) is 6.33 Å². The van der Waals surface area contributed by atoms with E-state index in [0.717, 1.165) is 67.3 Å². The van der Waals surface area contributed by atoms with Crippen molar-refractivity contribution in [3.05, 3.63) is 71.2 Å². The van der Waals surface area contributed by atoms with Gasteiger partial charge >= 0.3 is 0 Å². The van der Waals surface area contributed by atoms with Gasteiger partial charge in [0.2, 0.25) is 0 Å². The highest BCUT2D eigenvalue weighted by molar-refractivity contribution is 5.87. The molecule has 0 spiro atoms. The minimum Gasteiger partial charge on any atom is -0.363 e. The van der Waals surface area contributed by atoms with Gasteiger partial charge in [-0.3, -0.25) is 4.90 Å². The number of alkyl halides is 2. The SMILES string of the molecule is C[C@H]1Nc2ncnc3nc(c(C4(C#N)CC4)cc23)CCCC/C=C\CN2CCC(CC2)C(F)(F)c2cccc1c2. The van der Waals surface area contributed by atoms with Crippen molar-refractivity contribution in [2.24, 2.45) is 5.92 Å². The summed E-state index contributed by atoms with van der Waals surface area (Å²) < 4.78 is 31.5. The molecule has 2 fully saturated rings. The van der Waals surface area contributed by atoms with E-state index in [-0.39, 0.29) is 11.6 Å². The van der Waals surface area contributed by atoms with Crippen LogP contribution in [0.25, 0.3) is 11.0 Å². The Morgan fingerprint density at radius 1 is 1.07 bits per heavy atom. The first-order valence-electron chi connectivity index (χ1n) is 14.6. The maximum absolute atomic E-state index is 15.7. The summed E-state index contributed by atoms with van der Waals surface area (Å²) in [5.74, 6) is -2.95. The van der Waals surface area contributed by atoms with Gasteiger partial charge < -0.3 is 5.32 Å². The van der Waals surface area contributed by atoms with Crippen molar-refractivity contribution >= 4 is 16.9 Å². The number of halogens is 2. The fraction of sp³-hybridized carbons (Fsp3) is 0.500. The molecule has 6 aliphatic rings. The highest BCUT2D eigenvalue weighted by Gasteiger charge is 2.47. The Bertz CT molecular complexity index is 1450. The van der Waals surface area contributed by atoms with Crippen molar-refractivity contribution in [2.45, 2.75) is 75.7 Å². The van der Waals surface area contributed by atoms with Crippen molar-refractivity contribution in [2.75, 3.05) is 25.0 Å². The van der Waals surface area contributed by atoms with Crippen LogP contribution in [-0.2, 0) is 17.8 Å². The Morgan fingerprint density at radius 2 is 1.90 bits per heavy atom. The summed E-state index contributed by atoms with van der Waals surface area (Å²) in [7, 11) is 0. The third-order valence-corrected chi connectivity index (χ3v) is 8.97. The zero-order valence-corrected chi connectivity index (χ0v) is 23.0. The Balaban J connectivity index is 1.38. The molecular formula is C32H36F2N6. The quantitative estimate of drug-likeness (QED) is 0.339. The number of hydrogen-bond donors (Lipinski definition) is 1. The highest BCUT2D eigenvalue weighted by Crippen LogP contribution is 2.49. The number of aromatic nitrogens is 3. The lowest BCUT2D eigenvalue weighted by atomic mass is 9.85. The summed E-state index contributed by atoms with van der Waals surface area (Å²) in [6, 6.07) is 11.1. The molecule has 1 aromatic carbocycles. The average molecular weight is 543 g/mol. The molecule has 0 radical (unpaired) electrons. The lowest BCUT2D eigenvalue weighted by Crippen LogP contribution is -2.39. The molecular weight excluding hydrogens is 506 g/mol. The molecule has 208 valence electrons. The van der Waals surface area contributed by atoms with E-state index >= 15 is 8.78 Å². The van der Waals surface area contributed by atoms with Gasteiger partial charge in [0, 0.05) is 29.8 Å². The first-order valence-corrected chi connectivity index (χ1v) is 14.6. The Morgan fingerprint density at radius 3 is 2.67 bits per heavy atom. The van der Waals surface area contributed by atoms with Crippen LogP contribution in [0.1, 0.15) is 80.3 Å². The van der Waals surface area contributed by atoms with E-state index in [1.807, 2.05) is 19.1 Å². The van der Waals surface area contributed by atoms with Crippen LogP contribution < -0.4 is 5.32 Å². The van der Waals surface area contributed by atoms with Gasteiger partial charge in [-0.2, -0.15) is 5.26 Å². The normalized spacial score (nSPS) is 26.8. The average Bonchev–Trinajstić information content (AvgIpc) is 3.77. The number of anilines is 1. The van der Waals surface area contributed by atoms with Crippen LogP contribution in [0.4, 0.5) is 14.6 Å². The molecule has 1 aliphatic carbocycles. The number of rotatable bonds is 1. The first kappa shape index (κ1) is 26.8. The third-order valence-electron chi connectivity index (χ3n) is 8.97. The fourth-order valence-electron chi connectivity index (χ4n) is 6.22. The van der Waals surface area contributed by atoms with Gasteiger partial charge in [0.25, 0.3) is 5.92 Å². The molecule has 1 saturated carbocycles. The fourth-order valence-corrected chi connectivity index (χ4v) is 6.22. The second-order valence-electron chi connectivity index (χ2n) is 11.7. The summed E-state index contributed by atoms with van der Waals surface area (Å²) >= 11 is 0. The molecule has 2 aromatic heterocycles. The van der Waals surface area contributed by atoms with E-state index < -0.39 is 17.3 Å². The van der Waals surface area contributed by atoms with Gasteiger partial charge in [0.1, 0.15) is 12.1 Å². The molecule has 1 atom stereocenters. The Labute approximate surface area is 234 Å². The first-order chi connectivity index (χ1) is 19.4. The Kier molecular flexibility index (Phi) is 7.26. The standard InChI is InChI=1S/C32H36F2N6/c1-22-23-8-7-9-25(18-23)32(33,34)24-11-16-40(17-12-24)15-6-4-2-3-5-10-28-27(31(20-35)13-14-31)19-26-29(38-22)36-21-37-30(26)39-28/h4,6-9,18-19,21-22,24H,2-3,5,10-17H2,1H3,(H,36,37,38,39)/b6-4-/t22-/m1/s1. The zero-order valence-electron chi connectivity index (χ0n) is 23.0. The predicted molar refractivity (Wildman–Crippen MR) is 152 cm³/mol. The predicted octanol–water partition coefficient (Wildman–Crippen LogP) is 6.84. The molecule has 6 nitrogen and oxygen atoms in total. The van der Waals surface area contributed by atoms with Crippen molar-refractivity contribution in [1.29, 1.82) is 5.26 Å². The van der Waals surface area contributed by atoms with Gasteiger partial charge in [0.05, 0.1) is 16.9 Å². The second kappa shape index (κ2) is 10.9. The van der Waals surface area contributed by atoms with Crippen LogP contribution in [0.5, 0.6) is 0 Å². The summed E-state index contributed by atoms with van der Waals surface area (Å²) in [5, 5.41) is 14.2. The van der Waals surface area contributed by atoms with E-state index in [4.69, 9.17) is 4.98 Å². The number of piperidine rings is 1. The number of nitrogens with zero attached hydrogens (tertiary/aromatic N) is 5. The maximum atomic E-state index is 15.7. The highest BCUT2D eigenvalue weighted by atomic mass is 19.3. The van der Waals surface area contributed by atoms with Crippen molar-refractivity contribution in [1.82, 2.24) is 19.9 Å². The molecule has 1 saturated heterocycles. The molecule has 7 heterocycles. The van der Waals surface area contributed by atoms with Gasteiger partial charge in [0.15, 0.2) is 5.65 Å². The van der Waals surface area contributed by atoms with Crippen LogP contribution in [0.2, 0.25) is 0 Å². The molecule has 9 rings (SSSR count).